The molecule has 5 heteroatoms. The number of benzene rings is 2. The Morgan fingerprint density at radius 2 is 2.00 bits per heavy atom. The molecule has 0 radical (unpaired) electrons. The summed E-state index contributed by atoms with van der Waals surface area (Å²) in [5.74, 6) is -0.0163. The molecule has 0 aliphatic carbocycles. The summed E-state index contributed by atoms with van der Waals surface area (Å²) in [6, 6.07) is 18.8. The van der Waals surface area contributed by atoms with Gasteiger partial charge in [0.05, 0.1) is 17.0 Å². The van der Waals surface area contributed by atoms with Gasteiger partial charge >= 0.3 is 0 Å². The third-order valence-electron chi connectivity index (χ3n) is 5.61. The number of rotatable bonds is 2. The van der Waals surface area contributed by atoms with Gasteiger partial charge in [0.2, 0.25) is 5.91 Å². The van der Waals surface area contributed by atoms with Crippen molar-refractivity contribution in [3.8, 4) is 6.07 Å². The SMILES string of the molecule is N#Cc1cccc(C(=O)N2CCC3(C2)C(=O)NCC3c2ccccc2)c1. The highest BCUT2D eigenvalue weighted by molar-refractivity contribution is 5.96. The van der Waals surface area contributed by atoms with E-state index >= 15 is 0 Å². The van der Waals surface area contributed by atoms with Gasteiger partial charge in [-0.15, -0.1) is 0 Å². The van der Waals surface area contributed by atoms with Crippen LogP contribution >= 0.6 is 0 Å². The van der Waals surface area contributed by atoms with Crippen molar-refractivity contribution in [2.24, 2.45) is 5.41 Å². The van der Waals surface area contributed by atoms with E-state index in [-0.39, 0.29) is 17.7 Å². The molecule has 5 nitrogen and oxygen atoms in total. The lowest BCUT2D eigenvalue weighted by molar-refractivity contribution is -0.127. The van der Waals surface area contributed by atoms with Crippen molar-refractivity contribution in [1.82, 2.24) is 10.2 Å². The van der Waals surface area contributed by atoms with Gasteiger partial charge in [-0.25, -0.2) is 0 Å². The predicted molar refractivity (Wildman–Crippen MR) is 96.3 cm³/mol. The predicted octanol–water partition coefficient (Wildman–Crippen LogP) is 2.30. The lowest BCUT2D eigenvalue weighted by atomic mass is 9.73. The number of carbonyl (C=O) groups is 2. The minimum Gasteiger partial charge on any atom is -0.355 e. The van der Waals surface area contributed by atoms with Gasteiger partial charge in [0, 0.05) is 31.1 Å². The van der Waals surface area contributed by atoms with E-state index in [1.807, 2.05) is 30.3 Å². The minimum absolute atomic E-state index is 0.0347. The summed E-state index contributed by atoms with van der Waals surface area (Å²) in [7, 11) is 0. The lowest BCUT2D eigenvalue weighted by Gasteiger charge is -2.28. The zero-order valence-corrected chi connectivity index (χ0v) is 14.3. The third-order valence-corrected chi connectivity index (χ3v) is 5.61. The summed E-state index contributed by atoms with van der Waals surface area (Å²) >= 11 is 0. The van der Waals surface area contributed by atoms with Crippen molar-refractivity contribution >= 4 is 11.8 Å². The molecule has 2 saturated heterocycles. The molecule has 2 aliphatic rings. The lowest BCUT2D eigenvalue weighted by Crippen LogP contribution is -2.39. The van der Waals surface area contributed by atoms with E-state index < -0.39 is 5.41 Å². The van der Waals surface area contributed by atoms with E-state index in [1.54, 1.807) is 29.2 Å². The van der Waals surface area contributed by atoms with Crippen molar-refractivity contribution in [3.63, 3.8) is 0 Å². The molecule has 2 aliphatic heterocycles. The Labute approximate surface area is 152 Å². The van der Waals surface area contributed by atoms with Crippen molar-refractivity contribution < 1.29 is 9.59 Å². The van der Waals surface area contributed by atoms with Crippen molar-refractivity contribution in [2.75, 3.05) is 19.6 Å². The van der Waals surface area contributed by atoms with Crippen LogP contribution in [0.5, 0.6) is 0 Å². The Morgan fingerprint density at radius 1 is 1.19 bits per heavy atom. The van der Waals surface area contributed by atoms with Crippen LogP contribution in [0.1, 0.15) is 33.8 Å². The van der Waals surface area contributed by atoms with Crippen LogP contribution in [-0.4, -0.2) is 36.3 Å². The van der Waals surface area contributed by atoms with E-state index in [1.165, 1.54) is 0 Å². The van der Waals surface area contributed by atoms with Crippen molar-refractivity contribution in [3.05, 3.63) is 71.3 Å². The minimum atomic E-state index is -0.566. The molecule has 2 aromatic carbocycles. The first-order valence-electron chi connectivity index (χ1n) is 8.77. The normalized spacial score (nSPS) is 24.5. The molecule has 4 rings (SSSR count). The second-order valence-corrected chi connectivity index (χ2v) is 7.00. The maximum atomic E-state index is 12.9. The van der Waals surface area contributed by atoms with E-state index in [0.717, 1.165) is 5.56 Å². The van der Waals surface area contributed by atoms with Gasteiger partial charge in [0.25, 0.3) is 5.91 Å². The molecule has 0 aromatic heterocycles. The van der Waals surface area contributed by atoms with Gasteiger partial charge in [0.15, 0.2) is 0 Å². The highest BCUT2D eigenvalue weighted by atomic mass is 16.2. The average Bonchev–Trinajstić information content (AvgIpc) is 3.27. The summed E-state index contributed by atoms with van der Waals surface area (Å²) in [6.45, 7) is 1.56. The molecule has 2 fully saturated rings. The monoisotopic (exact) mass is 345 g/mol. The molecule has 0 bridgehead atoms. The fraction of sp³-hybridized carbons (Fsp3) is 0.286. The first kappa shape index (κ1) is 16.3. The summed E-state index contributed by atoms with van der Waals surface area (Å²) in [5, 5.41) is 12.0. The first-order chi connectivity index (χ1) is 12.6. The van der Waals surface area contributed by atoms with Gasteiger partial charge in [0.1, 0.15) is 0 Å². The Kier molecular flexibility index (Phi) is 3.96. The second-order valence-electron chi connectivity index (χ2n) is 7.00. The number of nitrogens with one attached hydrogen (secondary N) is 1. The largest absolute Gasteiger partial charge is 0.355 e. The smallest absolute Gasteiger partial charge is 0.253 e. The fourth-order valence-corrected chi connectivity index (χ4v) is 4.23. The molecule has 2 unspecified atom stereocenters. The fourth-order valence-electron chi connectivity index (χ4n) is 4.23. The van der Waals surface area contributed by atoms with Gasteiger partial charge in [-0.2, -0.15) is 5.26 Å². The molecule has 2 atom stereocenters. The van der Waals surface area contributed by atoms with Crippen LogP contribution in [0.3, 0.4) is 0 Å². The van der Waals surface area contributed by atoms with Gasteiger partial charge < -0.3 is 10.2 Å². The maximum Gasteiger partial charge on any atom is 0.253 e. The van der Waals surface area contributed by atoms with Gasteiger partial charge in [-0.1, -0.05) is 36.4 Å². The van der Waals surface area contributed by atoms with Crippen LogP contribution in [-0.2, 0) is 4.79 Å². The number of nitrogens with zero attached hydrogens (tertiary/aromatic N) is 2. The number of likely N-dealkylation sites (tertiary alicyclic amines) is 1. The van der Waals surface area contributed by atoms with E-state index in [2.05, 4.69) is 11.4 Å². The zero-order chi connectivity index (χ0) is 18.1. The van der Waals surface area contributed by atoms with E-state index in [4.69, 9.17) is 5.26 Å². The van der Waals surface area contributed by atoms with Crippen LogP contribution in [0.25, 0.3) is 0 Å². The summed E-state index contributed by atoms with van der Waals surface area (Å²) in [4.78, 5) is 27.3. The molecule has 1 spiro atoms. The third kappa shape index (κ3) is 2.55. The average molecular weight is 345 g/mol. The Hall–Kier alpha value is -3.13. The molecule has 26 heavy (non-hydrogen) atoms. The standard InChI is InChI=1S/C21H19N3O2/c22-12-15-5-4-8-17(11-15)19(25)24-10-9-21(14-24)18(13-23-20(21)26)16-6-2-1-3-7-16/h1-8,11,18H,9-10,13-14H2,(H,23,26). The Morgan fingerprint density at radius 3 is 2.77 bits per heavy atom. The highest BCUT2D eigenvalue weighted by Gasteiger charge is 2.55. The van der Waals surface area contributed by atoms with Crippen LogP contribution in [0, 0.1) is 16.7 Å². The second kappa shape index (κ2) is 6.30. The number of hydrogen-bond donors (Lipinski definition) is 1. The summed E-state index contributed by atoms with van der Waals surface area (Å²) in [5.41, 5.74) is 1.53. The molecule has 2 amide bonds. The molecule has 130 valence electrons. The van der Waals surface area contributed by atoms with Crippen LogP contribution in [0.15, 0.2) is 54.6 Å². The topological polar surface area (TPSA) is 73.2 Å². The molecule has 2 heterocycles. The van der Waals surface area contributed by atoms with E-state index in [0.29, 0.717) is 37.2 Å². The van der Waals surface area contributed by atoms with Crippen LogP contribution in [0.4, 0.5) is 0 Å². The van der Waals surface area contributed by atoms with Gasteiger partial charge in [-0.05, 0) is 30.2 Å². The van der Waals surface area contributed by atoms with E-state index in [9.17, 15) is 9.59 Å². The number of carbonyl (C=O) groups excluding carboxylic acids is 2. The molecule has 0 saturated carbocycles. The quantitative estimate of drug-likeness (QED) is 0.908. The molecular formula is C21H19N3O2. The van der Waals surface area contributed by atoms with Crippen LogP contribution < -0.4 is 5.32 Å². The number of hydrogen-bond acceptors (Lipinski definition) is 3. The number of nitriles is 1. The first-order valence-corrected chi connectivity index (χ1v) is 8.77. The van der Waals surface area contributed by atoms with Crippen molar-refractivity contribution in [2.45, 2.75) is 12.3 Å². The van der Waals surface area contributed by atoms with Crippen LogP contribution in [0.2, 0.25) is 0 Å². The highest BCUT2D eigenvalue weighted by Crippen LogP contribution is 2.47. The van der Waals surface area contributed by atoms with Gasteiger partial charge in [-0.3, -0.25) is 9.59 Å². The molecule has 2 aromatic rings. The Balaban J connectivity index is 1.61. The zero-order valence-electron chi connectivity index (χ0n) is 14.3. The summed E-state index contributed by atoms with van der Waals surface area (Å²) in [6.07, 6.45) is 0.655. The maximum absolute atomic E-state index is 12.9. The molecule has 1 N–H and O–H groups in total. The Bertz CT molecular complexity index is 903. The molecular weight excluding hydrogens is 326 g/mol. The summed E-state index contributed by atoms with van der Waals surface area (Å²) < 4.78 is 0. The van der Waals surface area contributed by atoms with Crippen molar-refractivity contribution in [1.29, 1.82) is 5.26 Å². The number of amides is 2.